The zero-order valence-electron chi connectivity index (χ0n) is 13.1. The SMILES string of the molecule is O=C(Nc1ccc(Nc2ncnc3[nH]ncc23)cc1)c1ccccc1. The van der Waals surface area contributed by atoms with Crippen LogP contribution in [0.25, 0.3) is 11.0 Å². The summed E-state index contributed by atoms with van der Waals surface area (Å²) in [5.74, 6) is 0.525. The maximum Gasteiger partial charge on any atom is 0.255 e. The van der Waals surface area contributed by atoms with E-state index in [1.807, 2.05) is 42.5 Å². The van der Waals surface area contributed by atoms with Gasteiger partial charge in [0.05, 0.1) is 11.6 Å². The van der Waals surface area contributed by atoms with E-state index in [9.17, 15) is 4.79 Å². The summed E-state index contributed by atoms with van der Waals surface area (Å²) >= 11 is 0. The number of H-pyrrole nitrogens is 1. The molecular weight excluding hydrogens is 316 g/mol. The van der Waals surface area contributed by atoms with E-state index >= 15 is 0 Å². The predicted molar refractivity (Wildman–Crippen MR) is 95.8 cm³/mol. The van der Waals surface area contributed by atoms with Crippen molar-refractivity contribution in [1.82, 2.24) is 20.2 Å². The van der Waals surface area contributed by atoms with Gasteiger partial charge in [0.15, 0.2) is 5.65 Å². The van der Waals surface area contributed by atoms with Crippen LogP contribution in [0.1, 0.15) is 10.4 Å². The molecule has 4 rings (SSSR count). The lowest BCUT2D eigenvalue weighted by molar-refractivity contribution is 0.102. The first-order valence-corrected chi connectivity index (χ1v) is 7.67. The largest absolute Gasteiger partial charge is 0.340 e. The summed E-state index contributed by atoms with van der Waals surface area (Å²) in [6, 6.07) is 16.5. The number of aromatic amines is 1. The Kier molecular flexibility index (Phi) is 3.80. The Bertz CT molecular complexity index is 1010. The number of benzene rings is 2. The van der Waals surface area contributed by atoms with Crippen LogP contribution >= 0.6 is 0 Å². The van der Waals surface area contributed by atoms with Gasteiger partial charge in [-0.05, 0) is 36.4 Å². The molecular formula is C18H14N6O. The van der Waals surface area contributed by atoms with E-state index in [1.54, 1.807) is 18.3 Å². The molecule has 2 heterocycles. The molecule has 4 aromatic rings. The molecule has 0 radical (unpaired) electrons. The molecule has 0 unspecified atom stereocenters. The number of aromatic nitrogens is 4. The van der Waals surface area contributed by atoms with Crippen LogP contribution in [0.4, 0.5) is 17.2 Å². The fraction of sp³-hybridized carbons (Fsp3) is 0. The quantitative estimate of drug-likeness (QED) is 0.533. The van der Waals surface area contributed by atoms with Crippen LogP contribution in [0.15, 0.2) is 67.1 Å². The highest BCUT2D eigenvalue weighted by molar-refractivity contribution is 6.04. The molecule has 0 saturated heterocycles. The second-order valence-corrected chi connectivity index (χ2v) is 5.38. The molecule has 2 aromatic heterocycles. The third-order valence-electron chi connectivity index (χ3n) is 3.69. The van der Waals surface area contributed by atoms with Crippen molar-refractivity contribution in [3.05, 3.63) is 72.7 Å². The lowest BCUT2D eigenvalue weighted by atomic mass is 10.2. The smallest absolute Gasteiger partial charge is 0.255 e. The number of nitrogens with zero attached hydrogens (tertiary/aromatic N) is 3. The van der Waals surface area contributed by atoms with Crippen LogP contribution in [0.5, 0.6) is 0 Å². The van der Waals surface area contributed by atoms with E-state index in [4.69, 9.17) is 0 Å². The van der Waals surface area contributed by atoms with Gasteiger partial charge in [-0.3, -0.25) is 9.89 Å². The van der Waals surface area contributed by atoms with Gasteiger partial charge in [0.25, 0.3) is 5.91 Å². The number of rotatable bonds is 4. The van der Waals surface area contributed by atoms with Gasteiger partial charge in [-0.25, -0.2) is 9.97 Å². The minimum Gasteiger partial charge on any atom is -0.340 e. The standard InChI is InChI=1S/C18H14N6O/c25-18(12-4-2-1-3-5-12)23-14-8-6-13(7-9-14)22-16-15-10-21-24-17(15)20-11-19-16/h1-11H,(H,23,25)(H2,19,20,21,22,24). The Hall–Kier alpha value is -3.74. The van der Waals surface area contributed by atoms with Gasteiger partial charge in [-0.2, -0.15) is 5.10 Å². The summed E-state index contributed by atoms with van der Waals surface area (Å²) in [5.41, 5.74) is 2.85. The van der Waals surface area contributed by atoms with Gasteiger partial charge in [-0.1, -0.05) is 18.2 Å². The highest BCUT2D eigenvalue weighted by Gasteiger charge is 2.07. The van der Waals surface area contributed by atoms with Gasteiger partial charge >= 0.3 is 0 Å². The Labute approximate surface area is 143 Å². The summed E-state index contributed by atoms with van der Waals surface area (Å²) in [7, 11) is 0. The number of hydrogen-bond donors (Lipinski definition) is 3. The normalized spacial score (nSPS) is 10.6. The number of anilines is 3. The van der Waals surface area contributed by atoms with Gasteiger partial charge in [0.2, 0.25) is 0 Å². The van der Waals surface area contributed by atoms with Crippen LogP contribution in [-0.4, -0.2) is 26.1 Å². The first-order chi connectivity index (χ1) is 12.3. The summed E-state index contributed by atoms with van der Waals surface area (Å²) in [6.07, 6.45) is 3.14. The molecule has 0 spiro atoms. The number of hydrogen-bond acceptors (Lipinski definition) is 5. The maximum atomic E-state index is 12.2. The average molecular weight is 330 g/mol. The fourth-order valence-corrected chi connectivity index (χ4v) is 2.43. The van der Waals surface area contributed by atoms with Gasteiger partial charge < -0.3 is 10.6 Å². The third kappa shape index (κ3) is 3.16. The van der Waals surface area contributed by atoms with Crippen molar-refractivity contribution in [2.75, 3.05) is 10.6 Å². The maximum absolute atomic E-state index is 12.2. The van der Waals surface area contributed by atoms with Crippen LogP contribution in [0.2, 0.25) is 0 Å². The second-order valence-electron chi connectivity index (χ2n) is 5.38. The van der Waals surface area contributed by atoms with Crippen molar-refractivity contribution >= 4 is 34.1 Å². The van der Waals surface area contributed by atoms with Gasteiger partial charge in [0.1, 0.15) is 12.1 Å². The highest BCUT2D eigenvalue weighted by Crippen LogP contribution is 2.22. The van der Waals surface area contributed by atoms with Gasteiger partial charge in [-0.15, -0.1) is 0 Å². The van der Waals surface area contributed by atoms with Crippen molar-refractivity contribution in [3.8, 4) is 0 Å². The fourth-order valence-electron chi connectivity index (χ4n) is 2.43. The monoisotopic (exact) mass is 330 g/mol. The second kappa shape index (κ2) is 6.40. The lowest BCUT2D eigenvalue weighted by Gasteiger charge is -2.08. The van der Waals surface area contributed by atoms with E-state index in [2.05, 4.69) is 30.8 Å². The molecule has 7 nitrogen and oxygen atoms in total. The van der Waals surface area contributed by atoms with E-state index in [1.165, 1.54) is 6.33 Å². The number of amides is 1. The van der Waals surface area contributed by atoms with Crippen molar-refractivity contribution in [1.29, 1.82) is 0 Å². The molecule has 0 aliphatic carbocycles. The number of carbonyl (C=O) groups excluding carboxylic acids is 1. The Morgan fingerprint density at radius 1 is 0.920 bits per heavy atom. The topological polar surface area (TPSA) is 95.6 Å². The summed E-state index contributed by atoms with van der Waals surface area (Å²) < 4.78 is 0. The summed E-state index contributed by atoms with van der Waals surface area (Å²) in [4.78, 5) is 20.5. The molecule has 0 fully saturated rings. The third-order valence-corrected chi connectivity index (χ3v) is 3.69. The van der Waals surface area contributed by atoms with Crippen LogP contribution in [-0.2, 0) is 0 Å². The summed E-state index contributed by atoms with van der Waals surface area (Å²) in [6.45, 7) is 0. The van der Waals surface area contributed by atoms with Crippen LogP contribution in [0, 0.1) is 0 Å². The average Bonchev–Trinajstić information content (AvgIpc) is 3.14. The van der Waals surface area contributed by atoms with Crippen molar-refractivity contribution in [3.63, 3.8) is 0 Å². The molecule has 0 aliphatic heterocycles. The minimum absolute atomic E-state index is 0.141. The first kappa shape index (κ1) is 14.8. The van der Waals surface area contributed by atoms with Crippen molar-refractivity contribution < 1.29 is 4.79 Å². The molecule has 7 heteroatoms. The van der Waals surface area contributed by atoms with Gasteiger partial charge in [0, 0.05) is 16.9 Å². The zero-order chi connectivity index (χ0) is 17.1. The number of fused-ring (bicyclic) bond motifs is 1. The molecule has 0 aliphatic rings. The zero-order valence-corrected chi connectivity index (χ0v) is 13.1. The van der Waals surface area contributed by atoms with Crippen LogP contribution < -0.4 is 10.6 Å². The lowest BCUT2D eigenvalue weighted by Crippen LogP contribution is -2.11. The minimum atomic E-state index is -0.141. The molecule has 0 atom stereocenters. The van der Waals surface area contributed by atoms with E-state index in [0.717, 1.165) is 16.8 Å². The first-order valence-electron chi connectivity index (χ1n) is 7.67. The van der Waals surface area contributed by atoms with E-state index in [-0.39, 0.29) is 5.91 Å². The molecule has 1 amide bonds. The molecule has 0 saturated carbocycles. The predicted octanol–water partition coefficient (Wildman–Crippen LogP) is 3.35. The Morgan fingerprint density at radius 2 is 1.68 bits per heavy atom. The number of carbonyl (C=O) groups is 1. The Morgan fingerprint density at radius 3 is 2.48 bits per heavy atom. The highest BCUT2D eigenvalue weighted by atomic mass is 16.1. The number of nitrogens with one attached hydrogen (secondary N) is 3. The Balaban J connectivity index is 1.49. The molecule has 0 bridgehead atoms. The van der Waals surface area contributed by atoms with Crippen molar-refractivity contribution in [2.24, 2.45) is 0 Å². The molecule has 25 heavy (non-hydrogen) atoms. The van der Waals surface area contributed by atoms with Crippen molar-refractivity contribution in [2.45, 2.75) is 0 Å². The summed E-state index contributed by atoms with van der Waals surface area (Å²) in [5, 5.41) is 13.7. The molecule has 2 aromatic carbocycles. The van der Waals surface area contributed by atoms with E-state index in [0.29, 0.717) is 17.0 Å². The molecule has 122 valence electrons. The van der Waals surface area contributed by atoms with E-state index < -0.39 is 0 Å². The molecule has 3 N–H and O–H groups in total. The van der Waals surface area contributed by atoms with Crippen LogP contribution in [0.3, 0.4) is 0 Å².